The lowest BCUT2D eigenvalue weighted by Crippen LogP contribution is -2.27. The Morgan fingerprint density at radius 2 is 1.79 bits per heavy atom. The van der Waals surface area contributed by atoms with Crippen LogP contribution in [-0.4, -0.2) is 31.7 Å². The molecule has 2 aromatic heterocycles. The van der Waals surface area contributed by atoms with Gasteiger partial charge in [0.25, 0.3) is 11.1 Å². The Balaban J connectivity index is 1.44. The highest BCUT2D eigenvalue weighted by Crippen LogP contribution is 2.35. The van der Waals surface area contributed by atoms with E-state index in [2.05, 4.69) is 0 Å². The Morgan fingerprint density at radius 3 is 2.53 bits per heavy atom. The van der Waals surface area contributed by atoms with Crippen molar-refractivity contribution in [1.29, 1.82) is 0 Å². The quantitative estimate of drug-likeness (QED) is 0.338. The Hall–Kier alpha value is -3.75. The number of para-hydroxylation sites is 1. The van der Waals surface area contributed by atoms with Gasteiger partial charge in [-0.15, -0.1) is 0 Å². The predicted molar refractivity (Wildman–Crippen MR) is 130 cm³/mol. The number of carbonyl (C=O) groups excluding carboxylic acids is 2. The average molecular weight is 493 g/mol. The maximum absolute atomic E-state index is 13.0. The van der Waals surface area contributed by atoms with Crippen molar-refractivity contribution >= 4 is 57.5 Å². The lowest BCUT2D eigenvalue weighted by Gasteiger charge is -2.12. The van der Waals surface area contributed by atoms with E-state index in [-0.39, 0.29) is 23.5 Å². The number of aromatic nitrogens is 1. The van der Waals surface area contributed by atoms with Crippen molar-refractivity contribution in [3.63, 3.8) is 0 Å². The summed E-state index contributed by atoms with van der Waals surface area (Å²) in [6.45, 7) is 0.491. The van der Waals surface area contributed by atoms with Crippen molar-refractivity contribution < 1.29 is 23.9 Å². The molecule has 170 valence electrons. The van der Waals surface area contributed by atoms with Gasteiger partial charge in [-0.2, -0.15) is 0 Å². The SMILES string of the molecule is O=C(O)c1ccc(Cn2cc(/C=C3\SC(=O)N(Cc4ccc(Cl)cc4)C3=O)c3ccccc32)o1. The first-order chi connectivity index (χ1) is 16.4. The number of amides is 2. The Labute approximate surface area is 203 Å². The predicted octanol–water partition coefficient (Wildman–Crippen LogP) is 5.87. The molecule has 1 saturated heterocycles. The second-order valence-corrected chi connectivity index (χ2v) is 9.12. The number of furan rings is 1. The molecule has 4 aromatic rings. The Morgan fingerprint density at radius 1 is 1.03 bits per heavy atom. The van der Waals surface area contributed by atoms with Crippen molar-refractivity contribution in [3.05, 3.63) is 99.4 Å². The van der Waals surface area contributed by atoms with Crippen LogP contribution in [0, 0.1) is 0 Å². The minimum Gasteiger partial charge on any atom is -0.475 e. The largest absolute Gasteiger partial charge is 0.475 e. The highest BCUT2D eigenvalue weighted by molar-refractivity contribution is 8.18. The molecule has 0 bridgehead atoms. The van der Waals surface area contributed by atoms with Gasteiger partial charge in [0, 0.05) is 27.7 Å². The van der Waals surface area contributed by atoms with E-state index < -0.39 is 5.97 Å². The van der Waals surface area contributed by atoms with Gasteiger partial charge >= 0.3 is 5.97 Å². The number of thioether (sulfide) groups is 1. The van der Waals surface area contributed by atoms with E-state index in [1.807, 2.05) is 35.0 Å². The second-order valence-electron chi connectivity index (χ2n) is 7.69. The van der Waals surface area contributed by atoms with Gasteiger partial charge in [-0.05, 0) is 53.7 Å². The van der Waals surface area contributed by atoms with Gasteiger partial charge in [0.15, 0.2) is 0 Å². The molecule has 0 radical (unpaired) electrons. The molecule has 1 fully saturated rings. The average Bonchev–Trinajstić information content (AvgIpc) is 3.50. The smallest absolute Gasteiger partial charge is 0.371 e. The lowest BCUT2D eigenvalue weighted by molar-refractivity contribution is -0.123. The van der Waals surface area contributed by atoms with Gasteiger partial charge in [-0.25, -0.2) is 4.79 Å². The molecule has 2 aromatic carbocycles. The fourth-order valence-electron chi connectivity index (χ4n) is 3.82. The molecule has 0 atom stereocenters. The van der Waals surface area contributed by atoms with E-state index in [1.54, 1.807) is 36.4 Å². The zero-order valence-electron chi connectivity index (χ0n) is 17.6. The van der Waals surface area contributed by atoms with E-state index in [0.29, 0.717) is 22.2 Å². The van der Waals surface area contributed by atoms with Gasteiger partial charge in [-0.1, -0.05) is 41.9 Å². The third kappa shape index (κ3) is 4.25. The first-order valence-corrected chi connectivity index (χ1v) is 11.5. The molecule has 1 N–H and O–H groups in total. The number of fused-ring (bicyclic) bond motifs is 1. The first-order valence-electron chi connectivity index (χ1n) is 10.3. The molecule has 0 unspecified atom stereocenters. The highest BCUT2D eigenvalue weighted by atomic mass is 35.5. The molecule has 34 heavy (non-hydrogen) atoms. The summed E-state index contributed by atoms with van der Waals surface area (Å²) in [4.78, 5) is 38.2. The monoisotopic (exact) mass is 492 g/mol. The van der Waals surface area contributed by atoms with Crippen LogP contribution in [0.25, 0.3) is 17.0 Å². The van der Waals surface area contributed by atoms with Gasteiger partial charge in [0.1, 0.15) is 5.76 Å². The van der Waals surface area contributed by atoms with Crippen LogP contribution in [0.1, 0.15) is 27.4 Å². The Bertz CT molecular complexity index is 1470. The highest BCUT2D eigenvalue weighted by Gasteiger charge is 2.35. The van der Waals surface area contributed by atoms with Crippen LogP contribution in [0.2, 0.25) is 5.02 Å². The number of rotatable bonds is 6. The van der Waals surface area contributed by atoms with Gasteiger partial charge in [0.2, 0.25) is 5.76 Å². The summed E-state index contributed by atoms with van der Waals surface area (Å²) in [7, 11) is 0. The number of carboxylic acids is 1. The van der Waals surface area contributed by atoms with E-state index >= 15 is 0 Å². The maximum atomic E-state index is 13.0. The van der Waals surface area contributed by atoms with Crippen molar-refractivity contribution in [2.24, 2.45) is 0 Å². The third-order valence-electron chi connectivity index (χ3n) is 5.43. The lowest BCUT2D eigenvalue weighted by atomic mass is 10.1. The summed E-state index contributed by atoms with van der Waals surface area (Å²) < 4.78 is 7.32. The fourth-order valence-corrected chi connectivity index (χ4v) is 4.77. The number of halogens is 1. The molecule has 0 aliphatic carbocycles. The molecule has 0 spiro atoms. The fraction of sp³-hybridized carbons (Fsp3) is 0.0800. The van der Waals surface area contributed by atoms with E-state index in [1.165, 1.54) is 11.0 Å². The molecule has 3 heterocycles. The molecule has 5 rings (SSSR count). The van der Waals surface area contributed by atoms with Crippen LogP contribution in [0.3, 0.4) is 0 Å². The molecule has 0 saturated carbocycles. The minimum atomic E-state index is -1.13. The van der Waals surface area contributed by atoms with Crippen molar-refractivity contribution in [1.82, 2.24) is 9.47 Å². The van der Waals surface area contributed by atoms with Crippen LogP contribution in [0.5, 0.6) is 0 Å². The molecule has 9 heteroatoms. The van der Waals surface area contributed by atoms with Gasteiger partial charge in [0.05, 0.1) is 18.0 Å². The number of imide groups is 1. The number of carbonyl (C=O) groups is 3. The molecule has 2 amide bonds. The summed E-state index contributed by atoms with van der Waals surface area (Å²) in [6.07, 6.45) is 3.58. The topological polar surface area (TPSA) is 92.8 Å². The van der Waals surface area contributed by atoms with Crippen LogP contribution in [0.4, 0.5) is 4.79 Å². The first kappa shape index (κ1) is 22.1. The van der Waals surface area contributed by atoms with E-state index in [0.717, 1.165) is 33.8 Å². The van der Waals surface area contributed by atoms with Crippen LogP contribution < -0.4 is 0 Å². The van der Waals surface area contributed by atoms with Crippen molar-refractivity contribution in [2.45, 2.75) is 13.1 Å². The number of hydrogen-bond donors (Lipinski definition) is 1. The van der Waals surface area contributed by atoms with Crippen molar-refractivity contribution in [2.75, 3.05) is 0 Å². The number of nitrogens with zero attached hydrogens (tertiary/aromatic N) is 2. The molecular weight excluding hydrogens is 476 g/mol. The van der Waals surface area contributed by atoms with Crippen molar-refractivity contribution in [3.8, 4) is 0 Å². The number of hydrogen-bond acceptors (Lipinski definition) is 5. The number of aromatic carboxylic acids is 1. The molecule has 7 nitrogen and oxygen atoms in total. The summed E-state index contributed by atoms with van der Waals surface area (Å²) in [5.74, 6) is -1.11. The normalized spacial score (nSPS) is 15.1. The number of carboxylic acid groups (broad SMARTS) is 1. The summed E-state index contributed by atoms with van der Waals surface area (Å²) in [5, 5.41) is 10.3. The van der Waals surface area contributed by atoms with Gasteiger partial charge < -0.3 is 14.1 Å². The Kier molecular flexibility index (Phi) is 5.77. The maximum Gasteiger partial charge on any atom is 0.371 e. The minimum absolute atomic E-state index is 0.124. The van der Waals surface area contributed by atoms with Crippen LogP contribution in [-0.2, 0) is 17.9 Å². The standard InChI is InChI=1S/C25H17ClN2O5S/c26-17-7-5-15(6-8-17)12-28-23(29)22(34-25(28)32)11-16-13-27(20-4-2-1-3-19(16)20)14-18-9-10-21(33-18)24(30)31/h1-11,13H,12,14H2,(H,30,31)/b22-11-. The summed E-state index contributed by atoms with van der Waals surface area (Å²) in [6, 6.07) is 17.7. The summed E-state index contributed by atoms with van der Waals surface area (Å²) in [5.41, 5.74) is 2.48. The zero-order valence-corrected chi connectivity index (χ0v) is 19.2. The zero-order chi connectivity index (χ0) is 23.8. The van der Waals surface area contributed by atoms with E-state index in [9.17, 15) is 14.4 Å². The van der Waals surface area contributed by atoms with E-state index in [4.69, 9.17) is 21.1 Å². The van der Waals surface area contributed by atoms with Gasteiger partial charge in [-0.3, -0.25) is 14.5 Å². The summed E-state index contributed by atoms with van der Waals surface area (Å²) >= 11 is 6.83. The van der Waals surface area contributed by atoms with Crippen LogP contribution >= 0.6 is 23.4 Å². The number of benzene rings is 2. The third-order valence-corrected chi connectivity index (χ3v) is 6.59. The molecule has 1 aliphatic heterocycles. The second kappa shape index (κ2) is 8.89. The molecule has 1 aliphatic rings. The molecular formula is C25H17ClN2O5S. The van der Waals surface area contributed by atoms with Crippen LogP contribution in [0.15, 0.2) is 76.2 Å².